The zero-order chi connectivity index (χ0) is 13.7. The maximum Gasteiger partial charge on any atom is 0.335 e. The molecular weight excluding hydrogens is 308 g/mol. The average molecular weight is 327 g/mol. The van der Waals surface area contributed by atoms with Crippen LogP contribution in [0.15, 0.2) is 22.7 Å². The summed E-state index contributed by atoms with van der Waals surface area (Å²) in [5.74, 6) is 0.443. The van der Waals surface area contributed by atoms with Crippen molar-refractivity contribution in [1.29, 1.82) is 0 Å². The summed E-state index contributed by atoms with van der Waals surface area (Å²) in [4.78, 5) is 10.8. The first-order valence-electron chi connectivity index (χ1n) is 6.82. The van der Waals surface area contributed by atoms with Crippen LogP contribution in [0.1, 0.15) is 48.9 Å². The van der Waals surface area contributed by atoms with Crippen molar-refractivity contribution in [2.24, 2.45) is 5.92 Å². The molecule has 4 heteroatoms. The Morgan fingerprint density at radius 3 is 2.53 bits per heavy atom. The minimum absolute atomic E-state index is 0.272. The van der Waals surface area contributed by atoms with Crippen LogP contribution in [0.3, 0.4) is 0 Å². The van der Waals surface area contributed by atoms with Gasteiger partial charge in [0.15, 0.2) is 0 Å². The van der Waals surface area contributed by atoms with Crippen LogP contribution in [-0.2, 0) is 0 Å². The lowest BCUT2D eigenvalue weighted by atomic mass is 10.0. The lowest BCUT2D eigenvalue weighted by molar-refractivity contribution is 0.0696. The fourth-order valence-corrected chi connectivity index (χ4v) is 2.98. The molecule has 104 valence electrons. The molecule has 0 radical (unpaired) electrons. The number of benzene rings is 1. The van der Waals surface area contributed by atoms with Crippen LogP contribution in [0.25, 0.3) is 0 Å². The van der Waals surface area contributed by atoms with Gasteiger partial charge in [-0.15, -0.1) is 0 Å². The molecule has 0 bridgehead atoms. The van der Waals surface area contributed by atoms with Crippen molar-refractivity contribution in [1.82, 2.24) is 0 Å². The van der Waals surface area contributed by atoms with E-state index in [0.29, 0.717) is 10.4 Å². The van der Waals surface area contributed by atoms with Crippen molar-refractivity contribution in [3.05, 3.63) is 28.2 Å². The highest BCUT2D eigenvalue weighted by Crippen LogP contribution is 2.28. The first kappa shape index (κ1) is 14.4. The predicted molar refractivity (Wildman–Crippen MR) is 77.8 cm³/mol. The second kappa shape index (κ2) is 6.94. The Morgan fingerprint density at radius 1 is 1.26 bits per heavy atom. The summed E-state index contributed by atoms with van der Waals surface area (Å²) >= 11 is 3.37. The molecule has 0 heterocycles. The highest BCUT2D eigenvalue weighted by molar-refractivity contribution is 9.10. The molecular formula is C15H19BrO3. The number of aromatic carboxylic acids is 1. The molecule has 0 aromatic heterocycles. The third kappa shape index (κ3) is 4.23. The van der Waals surface area contributed by atoms with Crippen LogP contribution in [0.4, 0.5) is 0 Å². The lowest BCUT2D eigenvalue weighted by Crippen LogP contribution is -2.11. The van der Waals surface area contributed by atoms with Crippen molar-refractivity contribution in [2.45, 2.75) is 38.5 Å². The molecule has 0 unspecified atom stereocenters. The number of carboxylic acid groups (broad SMARTS) is 1. The van der Waals surface area contributed by atoms with Crippen LogP contribution < -0.4 is 4.74 Å². The van der Waals surface area contributed by atoms with E-state index >= 15 is 0 Å². The van der Waals surface area contributed by atoms with Gasteiger partial charge in [-0.3, -0.25) is 0 Å². The van der Waals surface area contributed by atoms with Crippen LogP contribution >= 0.6 is 15.9 Å². The topological polar surface area (TPSA) is 46.5 Å². The molecule has 1 aliphatic rings. The minimum atomic E-state index is -0.920. The molecule has 0 saturated heterocycles. The van der Waals surface area contributed by atoms with E-state index in [1.165, 1.54) is 38.5 Å². The third-order valence-corrected chi connectivity index (χ3v) is 4.25. The van der Waals surface area contributed by atoms with Crippen LogP contribution in [-0.4, -0.2) is 17.7 Å². The van der Waals surface area contributed by atoms with Gasteiger partial charge in [-0.2, -0.15) is 0 Å². The molecule has 3 nitrogen and oxygen atoms in total. The lowest BCUT2D eigenvalue weighted by Gasteiger charge is -2.16. The van der Waals surface area contributed by atoms with Gasteiger partial charge in [0, 0.05) is 0 Å². The van der Waals surface area contributed by atoms with Crippen LogP contribution in [0.5, 0.6) is 5.75 Å². The largest absolute Gasteiger partial charge is 0.492 e. The number of carbonyl (C=O) groups is 1. The summed E-state index contributed by atoms with van der Waals surface area (Å²) in [6, 6.07) is 4.89. The molecule has 1 saturated carbocycles. The van der Waals surface area contributed by atoms with E-state index in [-0.39, 0.29) is 5.56 Å². The number of ether oxygens (including phenoxy) is 1. The highest BCUT2D eigenvalue weighted by atomic mass is 79.9. The van der Waals surface area contributed by atoms with Gasteiger partial charge >= 0.3 is 5.97 Å². The summed E-state index contributed by atoms with van der Waals surface area (Å²) in [5, 5.41) is 8.90. The summed E-state index contributed by atoms with van der Waals surface area (Å²) in [5.41, 5.74) is 0.272. The highest BCUT2D eigenvalue weighted by Gasteiger charge is 2.14. The van der Waals surface area contributed by atoms with Gasteiger partial charge in [0.25, 0.3) is 0 Å². The second-order valence-electron chi connectivity index (χ2n) is 5.12. The molecule has 0 amide bonds. The van der Waals surface area contributed by atoms with E-state index in [4.69, 9.17) is 9.84 Å². The Hall–Kier alpha value is -1.03. The summed E-state index contributed by atoms with van der Waals surface area (Å²) in [7, 11) is 0. The maximum absolute atomic E-state index is 10.8. The molecule has 1 aliphatic carbocycles. The van der Waals surface area contributed by atoms with E-state index in [1.54, 1.807) is 18.2 Å². The molecule has 1 fully saturated rings. The van der Waals surface area contributed by atoms with Gasteiger partial charge in [0.1, 0.15) is 5.75 Å². The van der Waals surface area contributed by atoms with E-state index in [2.05, 4.69) is 15.9 Å². The van der Waals surface area contributed by atoms with Crippen molar-refractivity contribution in [3.8, 4) is 5.75 Å². The molecule has 0 atom stereocenters. The predicted octanol–water partition coefficient (Wildman–Crippen LogP) is 4.50. The van der Waals surface area contributed by atoms with Crippen LogP contribution in [0.2, 0.25) is 0 Å². The second-order valence-corrected chi connectivity index (χ2v) is 5.97. The Bertz CT molecular complexity index is 437. The first-order chi connectivity index (χ1) is 9.16. The van der Waals surface area contributed by atoms with Crippen molar-refractivity contribution < 1.29 is 14.6 Å². The molecule has 1 aromatic carbocycles. The molecule has 19 heavy (non-hydrogen) atoms. The van der Waals surface area contributed by atoms with Crippen molar-refractivity contribution in [3.63, 3.8) is 0 Å². The third-order valence-electron chi connectivity index (χ3n) is 3.63. The smallest absolute Gasteiger partial charge is 0.335 e. The fraction of sp³-hybridized carbons (Fsp3) is 0.533. The van der Waals surface area contributed by atoms with Gasteiger partial charge in [0.05, 0.1) is 16.6 Å². The number of halogens is 1. The fourth-order valence-electron chi connectivity index (χ4n) is 2.49. The standard InChI is InChI=1S/C15H19BrO3/c16-13-9-12(15(17)18)7-8-14(13)19-10-11-5-3-1-2-4-6-11/h7-9,11H,1-6,10H2,(H,17,18). The van der Waals surface area contributed by atoms with Crippen LogP contribution in [0, 0.1) is 5.92 Å². The van der Waals surface area contributed by atoms with Crippen molar-refractivity contribution in [2.75, 3.05) is 6.61 Å². The number of rotatable bonds is 4. The van der Waals surface area contributed by atoms with Gasteiger partial charge in [0.2, 0.25) is 0 Å². The normalized spacial score (nSPS) is 16.9. The summed E-state index contributed by atoms with van der Waals surface area (Å²) in [6.45, 7) is 0.727. The van der Waals surface area contributed by atoms with Crippen molar-refractivity contribution >= 4 is 21.9 Å². The monoisotopic (exact) mass is 326 g/mol. The van der Waals surface area contributed by atoms with Gasteiger partial charge in [-0.1, -0.05) is 25.7 Å². The maximum atomic E-state index is 10.8. The van der Waals surface area contributed by atoms with E-state index in [1.807, 2.05) is 0 Å². The van der Waals surface area contributed by atoms with E-state index < -0.39 is 5.97 Å². The molecule has 0 spiro atoms. The minimum Gasteiger partial charge on any atom is -0.492 e. The summed E-state index contributed by atoms with van der Waals surface area (Å²) < 4.78 is 6.54. The first-order valence-corrected chi connectivity index (χ1v) is 7.62. The molecule has 0 aliphatic heterocycles. The van der Waals surface area contributed by atoms with E-state index in [9.17, 15) is 4.79 Å². The Morgan fingerprint density at radius 2 is 1.95 bits per heavy atom. The Kier molecular flexibility index (Phi) is 5.25. The quantitative estimate of drug-likeness (QED) is 0.829. The molecule has 2 rings (SSSR count). The SMILES string of the molecule is O=C(O)c1ccc(OCC2CCCCCC2)c(Br)c1. The molecule has 1 N–H and O–H groups in total. The van der Waals surface area contributed by atoms with Gasteiger partial charge in [-0.05, 0) is 52.9 Å². The Balaban J connectivity index is 1.93. The van der Waals surface area contributed by atoms with E-state index in [0.717, 1.165) is 12.4 Å². The Labute approximate surface area is 122 Å². The number of hydrogen-bond acceptors (Lipinski definition) is 2. The van der Waals surface area contributed by atoms with Gasteiger partial charge in [-0.25, -0.2) is 4.79 Å². The average Bonchev–Trinajstić information content (AvgIpc) is 2.65. The molecule has 1 aromatic rings. The zero-order valence-corrected chi connectivity index (χ0v) is 12.5. The van der Waals surface area contributed by atoms with Gasteiger partial charge < -0.3 is 9.84 Å². The number of carboxylic acids is 1. The zero-order valence-electron chi connectivity index (χ0n) is 10.9. The summed E-state index contributed by atoms with van der Waals surface area (Å²) in [6.07, 6.45) is 7.76. The number of hydrogen-bond donors (Lipinski definition) is 1.